The maximum atomic E-state index is 12.8. The Morgan fingerprint density at radius 1 is 1.00 bits per heavy atom. The van der Waals surface area contributed by atoms with Gasteiger partial charge in [-0.25, -0.2) is 9.97 Å². The topological polar surface area (TPSA) is 97.1 Å². The first-order chi connectivity index (χ1) is 19.5. The summed E-state index contributed by atoms with van der Waals surface area (Å²) in [6, 6.07) is 25.6. The van der Waals surface area contributed by atoms with Gasteiger partial charge in [-0.15, -0.1) is 11.8 Å². The first-order valence-electron chi connectivity index (χ1n) is 12.5. The van der Waals surface area contributed by atoms with Crippen molar-refractivity contribution in [1.82, 2.24) is 9.97 Å². The van der Waals surface area contributed by atoms with E-state index in [0.29, 0.717) is 38.5 Å². The lowest BCUT2D eigenvalue weighted by molar-refractivity contribution is -0.115. The van der Waals surface area contributed by atoms with Crippen molar-refractivity contribution in [2.75, 3.05) is 25.3 Å². The summed E-state index contributed by atoms with van der Waals surface area (Å²) in [6.45, 7) is 2.03. The van der Waals surface area contributed by atoms with E-state index < -0.39 is 0 Å². The molecule has 0 unspecified atom stereocenters. The number of fused-ring (bicyclic) bond motifs is 1. The molecule has 200 valence electrons. The average Bonchev–Trinajstić information content (AvgIpc) is 3.37. The van der Waals surface area contributed by atoms with Crippen molar-refractivity contribution in [3.8, 4) is 40.0 Å². The second-order valence-electron chi connectivity index (χ2n) is 8.89. The second-order valence-corrected chi connectivity index (χ2v) is 11.0. The Balaban J connectivity index is 1.43. The van der Waals surface area contributed by atoms with E-state index in [-0.39, 0.29) is 12.3 Å². The summed E-state index contributed by atoms with van der Waals surface area (Å²) >= 11 is 2.83. The molecule has 1 amide bonds. The lowest BCUT2D eigenvalue weighted by Gasteiger charge is -2.16. The van der Waals surface area contributed by atoms with E-state index in [1.165, 1.54) is 23.1 Å². The molecular weight excluding hydrogens is 541 g/mol. The number of anilines is 1. The fraction of sp³-hybridized carbons (Fsp3) is 0.161. The molecule has 5 aromatic rings. The van der Waals surface area contributed by atoms with Crippen LogP contribution in [0.4, 0.5) is 5.13 Å². The minimum atomic E-state index is -0.143. The maximum Gasteiger partial charge on any atom is 0.226 e. The number of benzene rings is 3. The van der Waals surface area contributed by atoms with Gasteiger partial charge in [0.2, 0.25) is 5.91 Å². The summed E-state index contributed by atoms with van der Waals surface area (Å²) in [7, 11) is 3.16. The van der Waals surface area contributed by atoms with Gasteiger partial charge in [-0.05, 0) is 36.8 Å². The quantitative estimate of drug-likeness (QED) is 0.186. The number of ether oxygens (including phenoxy) is 2. The van der Waals surface area contributed by atoms with Crippen LogP contribution >= 0.6 is 23.1 Å². The zero-order valence-electron chi connectivity index (χ0n) is 22.2. The van der Waals surface area contributed by atoms with Crippen molar-refractivity contribution in [1.29, 1.82) is 5.26 Å². The summed E-state index contributed by atoms with van der Waals surface area (Å²) < 4.78 is 12.2. The number of nitrogens with one attached hydrogen (secondary N) is 1. The van der Waals surface area contributed by atoms with Crippen LogP contribution in [0.25, 0.3) is 32.6 Å². The molecule has 5 rings (SSSR count). The third-order valence-corrected chi connectivity index (χ3v) is 8.13. The van der Waals surface area contributed by atoms with Crippen molar-refractivity contribution in [2.45, 2.75) is 18.4 Å². The third-order valence-electron chi connectivity index (χ3n) is 6.22. The Hall–Kier alpha value is -4.39. The van der Waals surface area contributed by atoms with Crippen LogP contribution in [0, 0.1) is 18.3 Å². The van der Waals surface area contributed by atoms with Gasteiger partial charge in [0, 0.05) is 28.9 Å². The summed E-state index contributed by atoms with van der Waals surface area (Å²) in [5.74, 6) is 1.39. The van der Waals surface area contributed by atoms with E-state index in [9.17, 15) is 10.1 Å². The molecule has 2 aromatic heterocycles. The number of hydrogen-bond acceptors (Lipinski definition) is 8. The molecule has 0 saturated carbocycles. The van der Waals surface area contributed by atoms with Crippen molar-refractivity contribution in [3.05, 3.63) is 83.9 Å². The molecule has 2 heterocycles. The highest BCUT2D eigenvalue weighted by Gasteiger charge is 2.20. The fourth-order valence-electron chi connectivity index (χ4n) is 4.31. The lowest BCUT2D eigenvalue weighted by Crippen LogP contribution is -2.12. The summed E-state index contributed by atoms with van der Waals surface area (Å²) in [5, 5.41) is 14.3. The lowest BCUT2D eigenvalue weighted by atomic mass is 9.98. The van der Waals surface area contributed by atoms with E-state index in [1.54, 1.807) is 14.2 Å². The first-order valence-corrected chi connectivity index (χ1v) is 14.3. The molecule has 0 saturated heterocycles. The van der Waals surface area contributed by atoms with E-state index in [1.807, 2.05) is 73.7 Å². The molecule has 40 heavy (non-hydrogen) atoms. The molecule has 7 nitrogen and oxygen atoms in total. The number of amides is 1. The maximum absolute atomic E-state index is 12.8. The number of carbonyl (C=O) groups excluding carboxylic acids is 1. The number of thioether (sulfide) groups is 1. The molecule has 0 spiro atoms. The number of nitriles is 1. The van der Waals surface area contributed by atoms with Crippen LogP contribution in [0.2, 0.25) is 0 Å². The molecule has 0 bridgehead atoms. The van der Waals surface area contributed by atoms with E-state index in [4.69, 9.17) is 14.5 Å². The van der Waals surface area contributed by atoms with Crippen LogP contribution in [0.3, 0.4) is 0 Å². The Morgan fingerprint density at radius 3 is 2.58 bits per heavy atom. The molecule has 0 radical (unpaired) electrons. The Kier molecular flexibility index (Phi) is 8.29. The number of pyridine rings is 1. The van der Waals surface area contributed by atoms with Crippen molar-refractivity contribution < 1.29 is 14.3 Å². The number of aryl methyl sites for hydroxylation is 1. The number of para-hydroxylation sites is 1. The van der Waals surface area contributed by atoms with Gasteiger partial charge < -0.3 is 14.8 Å². The highest BCUT2D eigenvalue weighted by atomic mass is 32.2. The highest BCUT2D eigenvalue weighted by Crippen LogP contribution is 2.42. The average molecular weight is 567 g/mol. The third kappa shape index (κ3) is 5.78. The van der Waals surface area contributed by atoms with Gasteiger partial charge >= 0.3 is 0 Å². The number of hydrogen-bond donors (Lipinski definition) is 1. The number of thiazole rings is 1. The number of carbonyl (C=O) groups is 1. The summed E-state index contributed by atoms with van der Waals surface area (Å²) in [4.78, 5) is 22.1. The first kappa shape index (κ1) is 27.2. The normalized spacial score (nSPS) is 10.8. The highest BCUT2D eigenvalue weighted by molar-refractivity contribution is 7.99. The van der Waals surface area contributed by atoms with E-state index in [2.05, 4.69) is 22.4 Å². The Labute approximate surface area is 240 Å². The van der Waals surface area contributed by atoms with Crippen LogP contribution in [-0.2, 0) is 4.79 Å². The molecule has 3 aromatic carbocycles. The number of methoxy groups -OCH3 is 2. The SMILES string of the molecule is COc1cccc(-c2cc(-c3ccccc3)nc(SCCC(=O)Nc3nc4ccc(C)cc4s3)c2C#N)c1OC. The van der Waals surface area contributed by atoms with Crippen LogP contribution in [0.1, 0.15) is 17.5 Å². The largest absolute Gasteiger partial charge is 0.493 e. The van der Waals surface area contributed by atoms with Gasteiger partial charge in [0.1, 0.15) is 11.1 Å². The predicted octanol–water partition coefficient (Wildman–Crippen LogP) is 7.34. The number of aromatic nitrogens is 2. The van der Waals surface area contributed by atoms with Crippen molar-refractivity contribution in [2.24, 2.45) is 0 Å². The van der Waals surface area contributed by atoms with Crippen molar-refractivity contribution >= 4 is 44.4 Å². The number of nitrogens with zero attached hydrogens (tertiary/aromatic N) is 3. The molecule has 1 N–H and O–H groups in total. The Bertz CT molecular complexity index is 1730. The Morgan fingerprint density at radius 2 is 1.82 bits per heavy atom. The van der Waals surface area contributed by atoms with Gasteiger partial charge in [0.25, 0.3) is 0 Å². The molecule has 0 aliphatic rings. The fourth-order valence-corrected chi connectivity index (χ4v) is 6.23. The second kappa shape index (κ2) is 12.2. The van der Waals surface area contributed by atoms with Gasteiger partial charge in [-0.1, -0.05) is 59.9 Å². The molecule has 9 heteroatoms. The van der Waals surface area contributed by atoms with Crippen LogP contribution in [-0.4, -0.2) is 35.8 Å². The van der Waals surface area contributed by atoms with Crippen LogP contribution in [0.15, 0.2) is 77.8 Å². The van der Waals surface area contributed by atoms with Crippen LogP contribution in [0.5, 0.6) is 11.5 Å². The molecule has 0 aliphatic carbocycles. The van der Waals surface area contributed by atoms with Gasteiger partial charge in [0.05, 0.1) is 35.7 Å². The van der Waals surface area contributed by atoms with Crippen molar-refractivity contribution in [3.63, 3.8) is 0 Å². The monoisotopic (exact) mass is 566 g/mol. The molecule has 0 fully saturated rings. The number of rotatable bonds is 9. The molecule has 0 atom stereocenters. The molecular formula is C31H26N4O3S2. The summed E-state index contributed by atoms with van der Waals surface area (Å²) in [6.07, 6.45) is 0.236. The van der Waals surface area contributed by atoms with E-state index in [0.717, 1.165) is 32.6 Å². The predicted molar refractivity (Wildman–Crippen MR) is 161 cm³/mol. The zero-order chi connectivity index (χ0) is 28.1. The van der Waals surface area contributed by atoms with Crippen LogP contribution < -0.4 is 14.8 Å². The standard InChI is InChI=1S/C31H26N4O3S2/c1-19-12-13-24-27(16-19)40-31(34-24)35-28(36)14-15-39-30-23(18-32)22(17-25(33-30)20-8-5-4-6-9-20)21-10-7-11-26(37-2)29(21)38-3/h4-13,16-17H,14-15H2,1-3H3,(H,34,35,36). The van der Waals surface area contributed by atoms with Gasteiger partial charge in [0.15, 0.2) is 16.6 Å². The summed E-state index contributed by atoms with van der Waals surface area (Å²) in [5.41, 5.74) is 5.47. The molecule has 0 aliphatic heterocycles. The van der Waals surface area contributed by atoms with Gasteiger partial charge in [-0.3, -0.25) is 4.79 Å². The smallest absolute Gasteiger partial charge is 0.226 e. The minimum Gasteiger partial charge on any atom is -0.493 e. The zero-order valence-corrected chi connectivity index (χ0v) is 23.9. The van der Waals surface area contributed by atoms with Gasteiger partial charge in [-0.2, -0.15) is 5.26 Å². The van der Waals surface area contributed by atoms with E-state index >= 15 is 0 Å². The minimum absolute atomic E-state index is 0.143.